The summed E-state index contributed by atoms with van der Waals surface area (Å²) in [5.74, 6) is 0.0153. The third-order valence-corrected chi connectivity index (χ3v) is 4.20. The van der Waals surface area contributed by atoms with Crippen molar-refractivity contribution in [3.8, 4) is 0 Å². The Kier molecular flexibility index (Phi) is 3.63. The molecular weight excluding hydrogens is 297 g/mol. The third-order valence-electron chi connectivity index (χ3n) is 3.67. The van der Waals surface area contributed by atoms with E-state index in [4.69, 9.17) is 23.2 Å². The number of piperazine rings is 1. The number of hydrogen-bond acceptors (Lipinski definition) is 2. The van der Waals surface area contributed by atoms with E-state index in [-0.39, 0.29) is 5.91 Å². The van der Waals surface area contributed by atoms with Gasteiger partial charge in [0.1, 0.15) is 5.69 Å². The number of rotatable bonds is 1. The lowest BCUT2D eigenvalue weighted by Crippen LogP contribution is -2.47. The fourth-order valence-electron chi connectivity index (χ4n) is 2.46. The van der Waals surface area contributed by atoms with Crippen molar-refractivity contribution in [2.75, 3.05) is 33.2 Å². The summed E-state index contributed by atoms with van der Waals surface area (Å²) in [5.41, 5.74) is 1.36. The van der Waals surface area contributed by atoms with Crippen LogP contribution in [-0.2, 0) is 0 Å². The summed E-state index contributed by atoms with van der Waals surface area (Å²) < 4.78 is 0. The fourth-order valence-corrected chi connectivity index (χ4v) is 3.00. The van der Waals surface area contributed by atoms with E-state index in [1.165, 1.54) is 0 Å². The molecule has 106 valence electrons. The molecule has 1 aliphatic rings. The molecule has 20 heavy (non-hydrogen) atoms. The summed E-state index contributed by atoms with van der Waals surface area (Å²) in [6.07, 6.45) is 0. The number of amides is 1. The molecular formula is C14H15Cl2N3O. The number of hydrogen-bond donors (Lipinski definition) is 1. The van der Waals surface area contributed by atoms with Gasteiger partial charge in [-0.2, -0.15) is 0 Å². The molecule has 0 bridgehead atoms. The number of benzene rings is 1. The summed E-state index contributed by atoms with van der Waals surface area (Å²) in [6, 6.07) is 5.27. The maximum atomic E-state index is 12.5. The lowest BCUT2D eigenvalue weighted by Gasteiger charge is -2.32. The predicted molar refractivity (Wildman–Crippen MR) is 81.7 cm³/mol. The fraction of sp³-hybridized carbons (Fsp3) is 0.357. The molecule has 6 heteroatoms. The Bertz CT molecular complexity index is 660. The van der Waals surface area contributed by atoms with Gasteiger partial charge in [-0.15, -0.1) is 0 Å². The number of aromatic nitrogens is 1. The number of carbonyl (C=O) groups is 1. The first-order chi connectivity index (χ1) is 9.54. The largest absolute Gasteiger partial charge is 0.350 e. The first-order valence-electron chi connectivity index (χ1n) is 6.50. The molecule has 0 saturated carbocycles. The van der Waals surface area contributed by atoms with E-state index >= 15 is 0 Å². The van der Waals surface area contributed by atoms with Crippen LogP contribution in [0.15, 0.2) is 18.2 Å². The van der Waals surface area contributed by atoms with Crippen molar-refractivity contribution in [2.24, 2.45) is 0 Å². The Morgan fingerprint density at radius 2 is 1.85 bits per heavy atom. The van der Waals surface area contributed by atoms with Crippen molar-refractivity contribution in [3.63, 3.8) is 0 Å². The number of likely N-dealkylation sites (N-methyl/N-ethyl adjacent to an activating group) is 1. The van der Waals surface area contributed by atoms with Crippen molar-refractivity contribution in [2.45, 2.75) is 0 Å². The molecule has 1 amide bonds. The molecule has 1 aromatic carbocycles. The number of nitrogens with zero attached hydrogens (tertiary/aromatic N) is 2. The van der Waals surface area contributed by atoms with Gasteiger partial charge in [-0.1, -0.05) is 23.2 Å². The van der Waals surface area contributed by atoms with Crippen LogP contribution in [0.4, 0.5) is 0 Å². The highest BCUT2D eigenvalue weighted by Crippen LogP contribution is 2.28. The Balaban J connectivity index is 1.90. The molecule has 1 fully saturated rings. The van der Waals surface area contributed by atoms with Crippen LogP contribution < -0.4 is 0 Å². The van der Waals surface area contributed by atoms with Crippen molar-refractivity contribution in [1.29, 1.82) is 0 Å². The number of carbonyl (C=O) groups excluding carboxylic acids is 1. The highest BCUT2D eigenvalue weighted by molar-refractivity contribution is 6.38. The zero-order valence-corrected chi connectivity index (χ0v) is 12.6. The molecule has 0 radical (unpaired) electrons. The van der Waals surface area contributed by atoms with Gasteiger partial charge in [-0.3, -0.25) is 4.79 Å². The van der Waals surface area contributed by atoms with E-state index in [0.29, 0.717) is 15.7 Å². The summed E-state index contributed by atoms with van der Waals surface area (Å²) in [5, 5.41) is 1.94. The van der Waals surface area contributed by atoms with Gasteiger partial charge in [0, 0.05) is 42.1 Å². The van der Waals surface area contributed by atoms with Crippen LogP contribution in [-0.4, -0.2) is 53.9 Å². The van der Waals surface area contributed by atoms with Crippen LogP contribution in [0.3, 0.4) is 0 Å². The van der Waals surface area contributed by atoms with E-state index in [9.17, 15) is 4.79 Å². The van der Waals surface area contributed by atoms with Gasteiger partial charge < -0.3 is 14.8 Å². The first-order valence-corrected chi connectivity index (χ1v) is 7.26. The van der Waals surface area contributed by atoms with Crippen molar-refractivity contribution in [3.05, 3.63) is 33.9 Å². The predicted octanol–water partition coefficient (Wildman–Crippen LogP) is 2.86. The smallest absolute Gasteiger partial charge is 0.270 e. The monoisotopic (exact) mass is 311 g/mol. The molecule has 1 aliphatic heterocycles. The minimum absolute atomic E-state index is 0.0153. The van der Waals surface area contributed by atoms with Gasteiger partial charge in [0.15, 0.2) is 0 Å². The zero-order valence-electron chi connectivity index (χ0n) is 11.1. The van der Waals surface area contributed by atoms with Crippen LogP contribution in [0.1, 0.15) is 10.5 Å². The van der Waals surface area contributed by atoms with E-state index in [0.717, 1.165) is 37.1 Å². The molecule has 0 atom stereocenters. The topological polar surface area (TPSA) is 39.3 Å². The SMILES string of the molecule is CN1CCN(C(=O)c2cc3c(Cl)cc(Cl)cc3[nH]2)CC1. The second kappa shape index (κ2) is 5.28. The normalized spacial score (nSPS) is 16.9. The van der Waals surface area contributed by atoms with Gasteiger partial charge in [0.2, 0.25) is 0 Å². The molecule has 3 rings (SSSR count). The number of nitrogens with one attached hydrogen (secondary N) is 1. The summed E-state index contributed by atoms with van der Waals surface area (Å²) in [6.45, 7) is 3.30. The molecule has 4 nitrogen and oxygen atoms in total. The molecule has 0 spiro atoms. The van der Waals surface area contributed by atoms with Crippen LogP contribution >= 0.6 is 23.2 Å². The number of H-pyrrole nitrogens is 1. The highest BCUT2D eigenvalue weighted by Gasteiger charge is 2.22. The maximum absolute atomic E-state index is 12.5. The average Bonchev–Trinajstić information content (AvgIpc) is 2.83. The highest BCUT2D eigenvalue weighted by atomic mass is 35.5. The van der Waals surface area contributed by atoms with Crippen molar-refractivity contribution < 1.29 is 4.79 Å². The standard InChI is InChI=1S/C14H15Cl2N3O/c1-18-2-4-19(5-3-18)14(20)13-8-10-11(16)6-9(15)7-12(10)17-13/h6-8,17H,2-5H2,1H3. The van der Waals surface area contributed by atoms with Crippen molar-refractivity contribution >= 4 is 40.0 Å². The number of fused-ring (bicyclic) bond motifs is 1. The second-order valence-electron chi connectivity index (χ2n) is 5.13. The molecule has 1 N–H and O–H groups in total. The third kappa shape index (κ3) is 2.51. The maximum Gasteiger partial charge on any atom is 0.270 e. The van der Waals surface area contributed by atoms with Gasteiger partial charge in [0.05, 0.1) is 5.02 Å². The lowest BCUT2D eigenvalue weighted by molar-refractivity contribution is 0.0659. The Morgan fingerprint density at radius 3 is 2.55 bits per heavy atom. The van der Waals surface area contributed by atoms with Crippen LogP contribution in [0, 0.1) is 0 Å². The van der Waals surface area contributed by atoms with Gasteiger partial charge in [0.25, 0.3) is 5.91 Å². The number of halogens is 2. The minimum atomic E-state index is 0.0153. The zero-order chi connectivity index (χ0) is 14.3. The van der Waals surface area contributed by atoms with E-state index in [2.05, 4.69) is 16.9 Å². The quantitative estimate of drug-likeness (QED) is 0.879. The molecule has 2 heterocycles. The van der Waals surface area contributed by atoms with Crippen molar-refractivity contribution in [1.82, 2.24) is 14.8 Å². The van der Waals surface area contributed by atoms with Crippen LogP contribution in [0.25, 0.3) is 10.9 Å². The van der Waals surface area contributed by atoms with Gasteiger partial charge in [-0.05, 0) is 25.2 Å². The second-order valence-corrected chi connectivity index (χ2v) is 5.97. The van der Waals surface area contributed by atoms with E-state index in [1.54, 1.807) is 18.2 Å². The molecule has 0 unspecified atom stereocenters. The van der Waals surface area contributed by atoms with E-state index in [1.807, 2.05) is 4.90 Å². The Labute approximate surface area is 127 Å². The summed E-state index contributed by atoms with van der Waals surface area (Å²) in [4.78, 5) is 19.7. The van der Waals surface area contributed by atoms with Crippen LogP contribution in [0.5, 0.6) is 0 Å². The molecule has 1 saturated heterocycles. The van der Waals surface area contributed by atoms with Gasteiger partial charge >= 0.3 is 0 Å². The first kappa shape index (κ1) is 13.7. The number of aromatic amines is 1. The lowest BCUT2D eigenvalue weighted by atomic mass is 10.2. The minimum Gasteiger partial charge on any atom is -0.350 e. The van der Waals surface area contributed by atoms with Gasteiger partial charge in [-0.25, -0.2) is 0 Å². The summed E-state index contributed by atoms with van der Waals surface area (Å²) >= 11 is 12.1. The Morgan fingerprint density at radius 1 is 1.15 bits per heavy atom. The average molecular weight is 312 g/mol. The Hall–Kier alpha value is -1.23. The van der Waals surface area contributed by atoms with Crippen LogP contribution in [0.2, 0.25) is 10.0 Å². The molecule has 0 aliphatic carbocycles. The molecule has 1 aromatic heterocycles. The van der Waals surface area contributed by atoms with E-state index < -0.39 is 0 Å². The summed E-state index contributed by atoms with van der Waals surface area (Å²) in [7, 11) is 2.06. The molecule has 2 aromatic rings.